The van der Waals surface area contributed by atoms with E-state index < -0.39 is 17.7 Å². The van der Waals surface area contributed by atoms with Crippen molar-refractivity contribution in [1.29, 1.82) is 0 Å². The highest BCUT2D eigenvalue weighted by Gasteiger charge is 2.21. The lowest BCUT2D eigenvalue weighted by Crippen LogP contribution is -2.43. The van der Waals surface area contributed by atoms with Crippen LogP contribution in [0, 0.1) is 0 Å². The molecule has 3 amide bonds. The molecule has 1 heterocycles. The monoisotopic (exact) mass is 274 g/mol. The van der Waals surface area contributed by atoms with E-state index in [1.165, 1.54) is 0 Å². The maximum Gasteiger partial charge on any atom is 0.256 e. The molecule has 0 unspecified atom stereocenters. The molecule has 0 saturated carbocycles. The number of nitrogens with zero attached hydrogens (tertiary/aromatic N) is 1. The molecular formula is C13H14N4O3. The molecule has 7 heteroatoms. The molecule has 1 aromatic heterocycles. The largest absolute Gasteiger partial charge is 0.368 e. The van der Waals surface area contributed by atoms with Crippen molar-refractivity contribution in [3.63, 3.8) is 0 Å². The predicted molar refractivity (Wildman–Crippen MR) is 72.6 cm³/mol. The Morgan fingerprint density at radius 1 is 1.05 bits per heavy atom. The van der Waals surface area contributed by atoms with Crippen LogP contribution in [0.1, 0.15) is 10.4 Å². The third kappa shape index (κ3) is 2.77. The maximum atomic E-state index is 12.4. The Kier molecular flexibility index (Phi) is 3.69. The molecule has 0 radical (unpaired) electrons. The van der Waals surface area contributed by atoms with Gasteiger partial charge >= 0.3 is 0 Å². The molecule has 2 rings (SSSR count). The third-order valence-corrected chi connectivity index (χ3v) is 2.80. The Balaban J connectivity index is 2.37. The molecular weight excluding hydrogens is 260 g/mol. The summed E-state index contributed by atoms with van der Waals surface area (Å²) in [5.74, 6) is -1.90. The fourth-order valence-electron chi connectivity index (χ4n) is 2.01. The van der Waals surface area contributed by atoms with Crippen molar-refractivity contribution in [3.8, 4) is 0 Å². The molecule has 0 atom stereocenters. The van der Waals surface area contributed by atoms with Gasteiger partial charge in [0.1, 0.15) is 13.1 Å². The molecule has 5 N–H and O–H groups in total. The summed E-state index contributed by atoms with van der Waals surface area (Å²) in [6, 6.07) is 6.99. The number of amides is 3. The third-order valence-electron chi connectivity index (χ3n) is 2.80. The van der Waals surface area contributed by atoms with E-state index in [4.69, 9.17) is 11.5 Å². The van der Waals surface area contributed by atoms with Crippen LogP contribution in [-0.4, -0.2) is 40.7 Å². The zero-order valence-electron chi connectivity index (χ0n) is 10.6. The van der Waals surface area contributed by atoms with Crippen LogP contribution in [0.4, 0.5) is 0 Å². The number of para-hydroxylation sites is 1. The first kappa shape index (κ1) is 13.6. The summed E-state index contributed by atoms with van der Waals surface area (Å²) >= 11 is 0. The van der Waals surface area contributed by atoms with E-state index in [2.05, 4.69) is 4.98 Å². The number of H-pyrrole nitrogens is 1. The average Bonchev–Trinajstić information content (AvgIpc) is 2.83. The summed E-state index contributed by atoms with van der Waals surface area (Å²) < 4.78 is 0. The predicted octanol–water partition coefficient (Wildman–Crippen LogP) is -0.419. The van der Waals surface area contributed by atoms with E-state index in [9.17, 15) is 14.4 Å². The topological polar surface area (TPSA) is 122 Å². The normalized spacial score (nSPS) is 10.4. The van der Waals surface area contributed by atoms with Crippen LogP contribution in [0.25, 0.3) is 10.9 Å². The Morgan fingerprint density at radius 3 is 2.30 bits per heavy atom. The lowest BCUT2D eigenvalue weighted by molar-refractivity contribution is -0.121. The van der Waals surface area contributed by atoms with E-state index in [1.54, 1.807) is 18.3 Å². The Morgan fingerprint density at radius 2 is 1.70 bits per heavy atom. The van der Waals surface area contributed by atoms with Gasteiger partial charge in [-0.3, -0.25) is 14.4 Å². The molecule has 0 aliphatic rings. The molecule has 1 aromatic carbocycles. The van der Waals surface area contributed by atoms with E-state index in [0.29, 0.717) is 11.1 Å². The van der Waals surface area contributed by atoms with Gasteiger partial charge < -0.3 is 21.4 Å². The van der Waals surface area contributed by atoms with Gasteiger partial charge in [-0.15, -0.1) is 0 Å². The van der Waals surface area contributed by atoms with Gasteiger partial charge in [-0.25, -0.2) is 0 Å². The Hall–Kier alpha value is -2.83. The highest BCUT2D eigenvalue weighted by atomic mass is 16.2. The van der Waals surface area contributed by atoms with Crippen LogP contribution in [0.5, 0.6) is 0 Å². The fraction of sp³-hybridized carbons (Fsp3) is 0.154. The second kappa shape index (κ2) is 5.43. The summed E-state index contributed by atoms with van der Waals surface area (Å²) in [4.78, 5) is 38.4. The molecule has 0 fully saturated rings. The van der Waals surface area contributed by atoms with Crippen LogP contribution in [0.15, 0.2) is 30.5 Å². The lowest BCUT2D eigenvalue weighted by atomic mass is 10.1. The molecule has 0 aliphatic carbocycles. The number of carbonyl (C=O) groups is 3. The van der Waals surface area contributed by atoms with Crippen LogP contribution >= 0.6 is 0 Å². The highest BCUT2D eigenvalue weighted by molar-refractivity contribution is 6.07. The number of primary amides is 2. The summed E-state index contributed by atoms with van der Waals surface area (Å²) in [7, 11) is 0. The number of aromatic nitrogens is 1. The number of nitrogens with two attached hydrogens (primary N) is 2. The van der Waals surface area contributed by atoms with Crippen molar-refractivity contribution in [3.05, 3.63) is 36.0 Å². The standard InChI is InChI=1S/C13H14N4O3/c14-10(18)6-17(7-11(15)19)13(20)9-3-1-2-8-4-5-16-12(8)9/h1-5,16H,6-7H2,(H2,14,18)(H2,15,19). The first-order valence-corrected chi connectivity index (χ1v) is 5.91. The van der Waals surface area contributed by atoms with Gasteiger partial charge in [0, 0.05) is 11.6 Å². The van der Waals surface area contributed by atoms with Gasteiger partial charge in [0.05, 0.1) is 11.1 Å². The summed E-state index contributed by atoms with van der Waals surface area (Å²) in [5, 5.41) is 0.856. The minimum Gasteiger partial charge on any atom is -0.368 e. The first-order chi connectivity index (χ1) is 9.49. The fourth-order valence-corrected chi connectivity index (χ4v) is 2.01. The van der Waals surface area contributed by atoms with Gasteiger partial charge in [-0.1, -0.05) is 12.1 Å². The number of benzene rings is 1. The molecule has 104 valence electrons. The first-order valence-electron chi connectivity index (χ1n) is 5.91. The number of hydrogen-bond acceptors (Lipinski definition) is 3. The zero-order chi connectivity index (χ0) is 14.7. The second-order valence-corrected chi connectivity index (χ2v) is 4.34. The second-order valence-electron chi connectivity index (χ2n) is 4.34. The van der Waals surface area contributed by atoms with Gasteiger partial charge in [-0.05, 0) is 12.1 Å². The Bertz CT molecular complexity index is 661. The van der Waals surface area contributed by atoms with Gasteiger partial charge in [0.2, 0.25) is 11.8 Å². The molecule has 0 spiro atoms. The van der Waals surface area contributed by atoms with E-state index in [0.717, 1.165) is 10.3 Å². The quantitative estimate of drug-likeness (QED) is 0.686. The lowest BCUT2D eigenvalue weighted by Gasteiger charge is -2.19. The molecule has 2 aromatic rings. The Labute approximate surface area is 114 Å². The minimum absolute atomic E-state index is 0.356. The van der Waals surface area contributed by atoms with Crippen molar-refractivity contribution in [1.82, 2.24) is 9.88 Å². The van der Waals surface area contributed by atoms with Crippen molar-refractivity contribution >= 4 is 28.6 Å². The van der Waals surface area contributed by atoms with E-state index >= 15 is 0 Å². The number of aromatic amines is 1. The summed E-state index contributed by atoms with van der Waals surface area (Å²) in [6.07, 6.45) is 1.70. The van der Waals surface area contributed by atoms with Gasteiger partial charge in [0.25, 0.3) is 5.91 Å². The number of nitrogens with one attached hydrogen (secondary N) is 1. The molecule has 20 heavy (non-hydrogen) atoms. The van der Waals surface area contributed by atoms with Crippen LogP contribution in [0.2, 0.25) is 0 Å². The molecule has 7 nitrogen and oxygen atoms in total. The van der Waals surface area contributed by atoms with Crippen molar-refractivity contribution in [2.75, 3.05) is 13.1 Å². The van der Waals surface area contributed by atoms with E-state index in [1.807, 2.05) is 12.1 Å². The maximum absolute atomic E-state index is 12.4. The molecule has 0 aliphatic heterocycles. The summed E-state index contributed by atoms with van der Waals surface area (Å²) in [5.41, 5.74) is 11.2. The SMILES string of the molecule is NC(=O)CN(CC(N)=O)C(=O)c1cccc2cc[nH]c12. The minimum atomic E-state index is -0.710. The van der Waals surface area contributed by atoms with Crippen molar-refractivity contribution < 1.29 is 14.4 Å². The molecule has 0 bridgehead atoms. The number of hydrogen-bond donors (Lipinski definition) is 3. The van der Waals surface area contributed by atoms with Crippen molar-refractivity contribution in [2.24, 2.45) is 11.5 Å². The highest BCUT2D eigenvalue weighted by Crippen LogP contribution is 2.18. The van der Waals surface area contributed by atoms with Gasteiger partial charge in [-0.2, -0.15) is 0 Å². The van der Waals surface area contributed by atoms with Crippen LogP contribution in [0.3, 0.4) is 0 Å². The van der Waals surface area contributed by atoms with Crippen molar-refractivity contribution in [2.45, 2.75) is 0 Å². The van der Waals surface area contributed by atoms with Crippen LogP contribution in [-0.2, 0) is 9.59 Å². The smallest absolute Gasteiger partial charge is 0.256 e. The zero-order valence-corrected chi connectivity index (χ0v) is 10.6. The van der Waals surface area contributed by atoms with Crippen LogP contribution < -0.4 is 11.5 Å². The number of rotatable bonds is 5. The van der Waals surface area contributed by atoms with Gasteiger partial charge in [0.15, 0.2) is 0 Å². The van der Waals surface area contributed by atoms with E-state index in [-0.39, 0.29) is 13.1 Å². The average molecular weight is 274 g/mol. The molecule has 0 saturated heterocycles. The number of fused-ring (bicyclic) bond motifs is 1. The number of carbonyl (C=O) groups excluding carboxylic acids is 3. The summed E-state index contributed by atoms with van der Waals surface area (Å²) in [6.45, 7) is -0.724.